The van der Waals surface area contributed by atoms with Crippen molar-refractivity contribution in [3.05, 3.63) is 35.4 Å². The molecule has 0 N–H and O–H groups in total. The van der Waals surface area contributed by atoms with Gasteiger partial charge in [-0.25, -0.2) is 0 Å². The van der Waals surface area contributed by atoms with Crippen molar-refractivity contribution >= 4 is 13.9 Å². The van der Waals surface area contributed by atoms with Crippen LogP contribution in [-0.4, -0.2) is 13.9 Å². The first-order valence-electron chi connectivity index (χ1n) is 6.83. The zero-order chi connectivity index (χ0) is 13.6. The first kappa shape index (κ1) is 13.5. The average molecular weight is 260 g/mol. The predicted octanol–water partition coefficient (Wildman–Crippen LogP) is 4.33. The quantitative estimate of drug-likeness (QED) is 0.687. The second-order valence-corrected chi connectivity index (χ2v) is 12.8. The topological polar surface area (TPSA) is 17.1 Å². The average Bonchev–Trinajstić information content (AvgIpc) is 2.26. The summed E-state index contributed by atoms with van der Waals surface area (Å²) < 4.78 is 0. The first-order valence-corrected chi connectivity index (χ1v) is 9.91. The molecule has 0 heterocycles. The molecule has 2 heteroatoms. The standard InChI is InChI=1S/C16H24OSi/c1-16(2,3)18(4,5)15-11-13(17)10-12-8-6-7-9-14(12)15/h6-9,15H,10-11H2,1-5H3. The van der Waals surface area contributed by atoms with Crippen molar-refractivity contribution < 1.29 is 4.79 Å². The van der Waals surface area contributed by atoms with Crippen LogP contribution in [0.3, 0.4) is 0 Å². The van der Waals surface area contributed by atoms with Crippen LogP contribution in [0.5, 0.6) is 0 Å². The van der Waals surface area contributed by atoms with Crippen LogP contribution in [0.25, 0.3) is 0 Å². The van der Waals surface area contributed by atoms with Gasteiger partial charge in [-0.15, -0.1) is 0 Å². The fourth-order valence-corrected chi connectivity index (χ4v) is 5.67. The van der Waals surface area contributed by atoms with E-state index in [0.717, 1.165) is 6.42 Å². The van der Waals surface area contributed by atoms with Gasteiger partial charge in [0, 0.05) is 12.8 Å². The minimum Gasteiger partial charge on any atom is -0.299 e. The lowest BCUT2D eigenvalue weighted by molar-refractivity contribution is -0.118. The van der Waals surface area contributed by atoms with Gasteiger partial charge in [-0.1, -0.05) is 58.1 Å². The van der Waals surface area contributed by atoms with Crippen LogP contribution >= 0.6 is 0 Å². The summed E-state index contributed by atoms with van der Waals surface area (Å²) in [6.07, 6.45) is 1.40. The summed E-state index contributed by atoms with van der Waals surface area (Å²) in [5, 5.41) is 0.322. The molecule has 98 valence electrons. The van der Waals surface area contributed by atoms with Gasteiger partial charge in [0.25, 0.3) is 0 Å². The third kappa shape index (κ3) is 2.18. The molecule has 1 aliphatic rings. The maximum Gasteiger partial charge on any atom is 0.137 e. The lowest BCUT2D eigenvalue weighted by atomic mass is 9.90. The van der Waals surface area contributed by atoms with E-state index >= 15 is 0 Å². The molecule has 0 bridgehead atoms. The van der Waals surface area contributed by atoms with Crippen molar-refractivity contribution in [2.75, 3.05) is 0 Å². The number of rotatable bonds is 1. The molecule has 1 unspecified atom stereocenters. The molecule has 0 spiro atoms. The minimum atomic E-state index is -1.52. The summed E-state index contributed by atoms with van der Waals surface area (Å²) in [6.45, 7) is 11.9. The van der Waals surface area contributed by atoms with Crippen molar-refractivity contribution in [1.29, 1.82) is 0 Å². The van der Waals surface area contributed by atoms with Crippen LogP contribution < -0.4 is 0 Å². The monoisotopic (exact) mass is 260 g/mol. The number of benzene rings is 1. The molecular formula is C16H24OSi. The van der Waals surface area contributed by atoms with Crippen LogP contribution in [0.2, 0.25) is 18.1 Å². The highest BCUT2D eigenvalue weighted by atomic mass is 28.3. The van der Waals surface area contributed by atoms with Gasteiger partial charge < -0.3 is 0 Å². The molecule has 0 saturated heterocycles. The van der Waals surface area contributed by atoms with Crippen LogP contribution in [0, 0.1) is 0 Å². The summed E-state index contributed by atoms with van der Waals surface area (Å²) >= 11 is 0. The smallest absolute Gasteiger partial charge is 0.137 e. The van der Waals surface area contributed by atoms with E-state index in [1.807, 2.05) is 0 Å². The van der Waals surface area contributed by atoms with Crippen LogP contribution in [0.4, 0.5) is 0 Å². The fraction of sp³-hybridized carbons (Fsp3) is 0.562. The third-order valence-corrected chi connectivity index (χ3v) is 11.2. The highest BCUT2D eigenvalue weighted by Gasteiger charge is 2.45. The Hall–Kier alpha value is -0.893. The van der Waals surface area contributed by atoms with E-state index in [2.05, 4.69) is 58.1 Å². The first-order chi connectivity index (χ1) is 8.23. The van der Waals surface area contributed by atoms with Gasteiger partial charge in [-0.05, 0) is 21.7 Å². The van der Waals surface area contributed by atoms with E-state index < -0.39 is 8.07 Å². The Kier molecular flexibility index (Phi) is 3.26. The molecule has 18 heavy (non-hydrogen) atoms. The number of Topliss-reactive ketones (excluding diaryl/α,β-unsaturated/α-hetero) is 1. The summed E-state index contributed by atoms with van der Waals surface area (Å²) in [4.78, 5) is 12.0. The lowest BCUT2D eigenvalue weighted by Gasteiger charge is -2.45. The molecule has 0 fully saturated rings. The van der Waals surface area contributed by atoms with Gasteiger partial charge in [0.15, 0.2) is 0 Å². The molecule has 1 nitrogen and oxygen atoms in total. The molecule has 0 aromatic heterocycles. The fourth-order valence-electron chi connectivity index (χ4n) is 2.82. The molecule has 0 radical (unpaired) electrons. The second-order valence-electron chi connectivity index (χ2n) is 7.14. The van der Waals surface area contributed by atoms with Gasteiger partial charge in [0.2, 0.25) is 0 Å². The van der Waals surface area contributed by atoms with E-state index in [0.29, 0.717) is 22.8 Å². The van der Waals surface area contributed by atoms with Crippen molar-refractivity contribution in [3.63, 3.8) is 0 Å². The van der Waals surface area contributed by atoms with Crippen molar-refractivity contribution in [2.45, 2.75) is 57.3 Å². The summed E-state index contributed by atoms with van der Waals surface area (Å²) in [7, 11) is -1.52. The highest BCUT2D eigenvalue weighted by Crippen LogP contribution is 2.48. The van der Waals surface area contributed by atoms with Crippen LogP contribution in [0.1, 0.15) is 43.9 Å². The van der Waals surface area contributed by atoms with Gasteiger partial charge in [-0.2, -0.15) is 0 Å². The molecule has 1 aromatic carbocycles. The Morgan fingerprint density at radius 3 is 2.39 bits per heavy atom. The Morgan fingerprint density at radius 1 is 1.17 bits per heavy atom. The van der Waals surface area contributed by atoms with E-state index in [9.17, 15) is 4.79 Å². The number of carbonyl (C=O) groups excluding carboxylic acids is 1. The zero-order valence-electron chi connectivity index (χ0n) is 12.2. The maximum atomic E-state index is 12.0. The SMILES string of the molecule is CC(C)(C)[Si](C)(C)C1CC(=O)Cc2ccccc21. The van der Waals surface area contributed by atoms with Crippen molar-refractivity contribution in [3.8, 4) is 0 Å². The Morgan fingerprint density at radius 2 is 1.78 bits per heavy atom. The van der Waals surface area contributed by atoms with Gasteiger partial charge in [0.1, 0.15) is 5.78 Å². The zero-order valence-corrected chi connectivity index (χ0v) is 13.2. The lowest BCUT2D eigenvalue weighted by Crippen LogP contribution is -2.46. The van der Waals surface area contributed by atoms with Gasteiger partial charge >= 0.3 is 0 Å². The normalized spacial score (nSPS) is 20.7. The molecule has 0 aliphatic heterocycles. The number of hydrogen-bond donors (Lipinski definition) is 0. The van der Waals surface area contributed by atoms with Crippen molar-refractivity contribution in [2.24, 2.45) is 0 Å². The van der Waals surface area contributed by atoms with E-state index in [4.69, 9.17) is 0 Å². The molecule has 2 rings (SSSR count). The van der Waals surface area contributed by atoms with E-state index in [1.54, 1.807) is 0 Å². The number of hydrogen-bond acceptors (Lipinski definition) is 1. The minimum absolute atomic E-state index is 0.322. The van der Waals surface area contributed by atoms with Crippen LogP contribution in [-0.2, 0) is 11.2 Å². The molecule has 0 saturated carbocycles. The Bertz CT molecular complexity index is 468. The summed E-state index contributed by atoms with van der Waals surface area (Å²) in [6, 6.07) is 8.55. The van der Waals surface area contributed by atoms with Gasteiger partial charge in [0.05, 0.1) is 8.07 Å². The Balaban J connectivity index is 2.50. The predicted molar refractivity (Wildman–Crippen MR) is 79.7 cm³/mol. The molecule has 1 aliphatic carbocycles. The highest BCUT2D eigenvalue weighted by molar-refractivity contribution is 6.81. The molecule has 1 atom stereocenters. The van der Waals surface area contributed by atoms with Gasteiger partial charge in [-0.3, -0.25) is 4.79 Å². The maximum absolute atomic E-state index is 12.0. The van der Waals surface area contributed by atoms with E-state index in [1.165, 1.54) is 11.1 Å². The molecule has 1 aromatic rings. The number of carbonyl (C=O) groups is 1. The summed E-state index contributed by atoms with van der Waals surface area (Å²) in [5.41, 5.74) is 3.20. The third-order valence-electron chi connectivity index (χ3n) is 5.05. The van der Waals surface area contributed by atoms with Crippen LogP contribution in [0.15, 0.2) is 24.3 Å². The second kappa shape index (κ2) is 4.34. The molecular weight excluding hydrogens is 236 g/mol. The Labute approximate surface area is 112 Å². The largest absolute Gasteiger partial charge is 0.299 e. The molecule has 0 amide bonds. The summed E-state index contributed by atoms with van der Waals surface area (Å²) in [5.74, 6) is 0.420. The number of ketones is 1. The van der Waals surface area contributed by atoms with E-state index in [-0.39, 0.29) is 0 Å². The van der Waals surface area contributed by atoms with Crippen molar-refractivity contribution in [1.82, 2.24) is 0 Å². The number of fused-ring (bicyclic) bond motifs is 1.